The van der Waals surface area contributed by atoms with Gasteiger partial charge in [0.1, 0.15) is 17.8 Å². The van der Waals surface area contributed by atoms with Crippen molar-refractivity contribution in [1.82, 2.24) is 14.9 Å². The zero-order valence-corrected chi connectivity index (χ0v) is 17.1. The van der Waals surface area contributed by atoms with Crippen LogP contribution < -0.4 is 4.90 Å². The molecule has 0 aliphatic carbocycles. The van der Waals surface area contributed by atoms with E-state index < -0.39 is 5.79 Å². The summed E-state index contributed by atoms with van der Waals surface area (Å²) < 4.78 is 11.6. The lowest BCUT2D eigenvalue weighted by molar-refractivity contribution is -0.169. The molecule has 1 amide bonds. The molecule has 2 aromatic rings. The predicted molar refractivity (Wildman–Crippen MR) is 110 cm³/mol. The van der Waals surface area contributed by atoms with Crippen LogP contribution in [0.2, 0.25) is 0 Å². The monoisotopic (exact) mass is 396 g/mol. The van der Waals surface area contributed by atoms with Crippen LogP contribution in [0.3, 0.4) is 0 Å². The molecular formula is C22H28N4O3. The van der Waals surface area contributed by atoms with E-state index in [0.29, 0.717) is 25.5 Å². The van der Waals surface area contributed by atoms with Crippen LogP contribution in [0.25, 0.3) is 0 Å². The number of rotatable bonds is 5. The standard InChI is InChI=1S/C22H28N4O3/c1-17(2)26(15-18-6-4-3-5-7-18)21(27)19-14-20(24-16-23-19)25-10-8-22(9-11-25)28-12-13-29-22/h3-7,14,16-17H,8-13,15H2,1-2H3. The number of benzene rings is 1. The number of piperidine rings is 1. The largest absolute Gasteiger partial charge is 0.356 e. The second-order valence-corrected chi connectivity index (χ2v) is 7.87. The van der Waals surface area contributed by atoms with Crippen LogP contribution in [0.1, 0.15) is 42.7 Å². The van der Waals surface area contributed by atoms with E-state index in [9.17, 15) is 4.79 Å². The molecule has 0 radical (unpaired) electrons. The summed E-state index contributed by atoms with van der Waals surface area (Å²) in [7, 11) is 0. The van der Waals surface area contributed by atoms with Crippen molar-refractivity contribution in [3.05, 3.63) is 54.0 Å². The maximum atomic E-state index is 13.2. The molecule has 0 N–H and O–H groups in total. The highest BCUT2D eigenvalue weighted by molar-refractivity contribution is 5.93. The van der Waals surface area contributed by atoms with E-state index in [-0.39, 0.29) is 11.9 Å². The second-order valence-electron chi connectivity index (χ2n) is 7.87. The van der Waals surface area contributed by atoms with Gasteiger partial charge in [-0.1, -0.05) is 30.3 Å². The van der Waals surface area contributed by atoms with Gasteiger partial charge in [-0.3, -0.25) is 4.79 Å². The summed E-state index contributed by atoms with van der Waals surface area (Å²) >= 11 is 0. The number of anilines is 1. The van der Waals surface area contributed by atoms with Crippen molar-refractivity contribution >= 4 is 11.7 Å². The fourth-order valence-corrected chi connectivity index (χ4v) is 3.92. The zero-order chi connectivity index (χ0) is 20.3. The smallest absolute Gasteiger partial charge is 0.273 e. The molecule has 2 saturated heterocycles. The number of nitrogens with zero attached hydrogens (tertiary/aromatic N) is 4. The molecule has 0 bridgehead atoms. The molecule has 7 nitrogen and oxygen atoms in total. The summed E-state index contributed by atoms with van der Waals surface area (Å²) in [6.45, 7) is 7.49. The lowest BCUT2D eigenvalue weighted by Crippen LogP contribution is -2.45. The third kappa shape index (κ3) is 4.41. The van der Waals surface area contributed by atoms with E-state index in [0.717, 1.165) is 37.3 Å². The van der Waals surface area contributed by atoms with Gasteiger partial charge in [0.25, 0.3) is 5.91 Å². The van der Waals surface area contributed by atoms with E-state index in [4.69, 9.17) is 9.47 Å². The van der Waals surface area contributed by atoms with Crippen molar-refractivity contribution in [2.75, 3.05) is 31.2 Å². The lowest BCUT2D eigenvalue weighted by atomic mass is 10.0. The fraction of sp³-hybridized carbons (Fsp3) is 0.500. The number of hydrogen-bond acceptors (Lipinski definition) is 6. The van der Waals surface area contributed by atoms with Gasteiger partial charge < -0.3 is 19.3 Å². The Hall–Kier alpha value is -2.51. The Morgan fingerprint density at radius 3 is 2.48 bits per heavy atom. The van der Waals surface area contributed by atoms with Crippen molar-refractivity contribution in [1.29, 1.82) is 0 Å². The number of ether oxygens (including phenoxy) is 2. The summed E-state index contributed by atoms with van der Waals surface area (Å²) in [5, 5.41) is 0. The quantitative estimate of drug-likeness (QED) is 0.774. The zero-order valence-electron chi connectivity index (χ0n) is 17.1. The van der Waals surface area contributed by atoms with Gasteiger partial charge >= 0.3 is 0 Å². The second kappa shape index (κ2) is 8.47. The minimum Gasteiger partial charge on any atom is -0.356 e. The summed E-state index contributed by atoms with van der Waals surface area (Å²) in [5.74, 6) is 0.273. The first kappa shape index (κ1) is 19.8. The van der Waals surface area contributed by atoms with Gasteiger partial charge in [0.05, 0.1) is 13.2 Å². The van der Waals surface area contributed by atoms with E-state index in [1.165, 1.54) is 6.33 Å². The fourth-order valence-electron chi connectivity index (χ4n) is 3.92. The van der Waals surface area contributed by atoms with E-state index in [1.54, 1.807) is 6.07 Å². The Morgan fingerprint density at radius 2 is 1.83 bits per heavy atom. The minimum atomic E-state index is -0.424. The van der Waals surface area contributed by atoms with Gasteiger partial charge in [0.15, 0.2) is 5.79 Å². The average Bonchev–Trinajstić information content (AvgIpc) is 3.20. The van der Waals surface area contributed by atoms with Crippen molar-refractivity contribution < 1.29 is 14.3 Å². The highest BCUT2D eigenvalue weighted by atomic mass is 16.7. The number of amides is 1. The highest BCUT2D eigenvalue weighted by Crippen LogP contribution is 2.32. The topological polar surface area (TPSA) is 67.8 Å². The Kier molecular flexibility index (Phi) is 5.78. The van der Waals surface area contributed by atoms with E-state index >= 15 is 0 Å². The van der Waals surface area contributed by atoms with Crippen molar-refractivity contribution in [3.63, 3.8) is 0 Å². The maximum Gasteiger partial charge on any atom is 0.273 e. The van der Waals surface area contributed by atoms with Crippen LogP contribution in [0.15, 0.2) is 42.7 Å². The van der Waals surface area contributed by atoms with Crippen LogP contribution in [-0.4, -0.2) is 58.9 Å². The Morgan fingerprint density at radius 1 is 1.14 bits per heavy atom. The number of aromatic nitrogens is 2. The summed E-state index contributed by atoms with van der Waals surface area (Å²) in [4.78, 5) is 25.9. The number of carbonyl (C=O) groups is 1. The minimum absolute atomic E-state index is 0.0626. The van der Waals surface area contributed by atoms with Crippen LogP contribution in [0.5, 0.6) is 0 Å². The van der Waals surface area contributed by atoms with Gasteiger partial charge in [-0.25, -0.2) is 9.97 Å². The van der Waals surface area contributed by atoms with Crippen molar-refractivity contribution in [2.45, 2.75) is 45.1 Å². The van der Waals surface area contributed by atoms with Crippen molar-refractivity contribution in [2.24, 2.45) is 0 Å². The normalized spacial score (nSPS) is 18.4. The Bertz CT molecular complexity index is 827. The van der Waals surface area contributed by atoms with Gasteiger partial charge in [0.2, 0.25) is 0 Å². The van der Waals surface area contributed by atoms with Gasteiger partial charge in [-0.2, -0.15) is 0 Å². The Labute approximate surface area is 171 Å². The molecule has 7 heteroatoms. The molecular weight excluding hydrogens is 368 g/mol. The van der Waals surface area contributed by atoms with Crippen LogP contribution in [0.4, 0.5) is 5.82 Å². The molecule has 1 aromatic carbocycles. The molecule has 0 unspecified atom stereocenters. The molecule has 1 aromatic heterocycles. The van der Waals surface area contributed by atoms with Crippen LogP contribution in [0, 0.1) is 0 Å². The first-order chi connectivity index (χ1) is 14.1. The molecule has 0 saturated carbocycles. The molecule has 4 rings (SSSR count). The summed E-state index contributed by atoms with van der Waals surface area (Å²) in [5.41, 5.74) is 1.52. The number of carbonyl (C=O) groups excluding carboxylic acids is 1. The summed E-state index contributed by atoms with van der Waals surface area (Å²) in [6, 6.07) is 11.9. The first-order valence-electron chi connectivity index (χ1n) is 10.3. The third-order valence-electron chi connectivity index (χ3n) is 5.61. The molecule has 3 heterocycles. The van der Waals surface area contributed by atoms with Gasteiger partial charge in [-0.05, 0) is 19.4 Å². The molecule has 29 heavy (non-hydrogen) atoms. The van der Waals surface area contributed by atoms with Crippen LogP contribution in [-0.2, 0) is 16.0 Å². The Balaban J connectivity index is 1.47. The number of hydrogen-bond donors (Lipinski definition) is 0. The molecule has 2 aliphatic heterocycles. The van der Waals surface area contributed by atoms with Gasteiger partial charge in [-0.15, -0.1) is 0 Å². The summed E-state index contributed by atoms with van der Waals surface area (Å²) in [6.07, 6.45) is 3.08. The molecule has 154 valence electrons. The lowest BCUT2D eigenvalue weighted by Gasteiger charge is -2.38. The van der Waals surface area contributed by atoms with E-state index in [1.807, 2.05) is 49.1 Å². The first-order valence-corrected chi connectivity index (χ1v) is 10.3. The highest BCUT2D eigenvalue weighted by Gasteiger charge is 2.40. The molecule has 1 spiro atoms. The molecule has 2 fully saturated rings. The van der Waals surface area contributed by atoms with Gasteiger partial charge in [0, 0.05) is 44.6 Å². The molecule has 0 atom stereocenters. The van der Waals surface area contributed by atoms with Crippen molar-refractivity contribution in [3.8, 4) is 0 Å². The van der Waals surface area contributed by atoms with Crippen LogP contribution >= 0.6 is 0 Å². The predicted octanol–water partition coefficient (Wildman–Crippen LogP) is 2.87. The van der Waals surface area contributed by atoms with E-state index in [2.05, 4.69) is 14.9 Å². The SMILES string of the molecule is CC(C)N(Cc1ccccc1)C(=O)c1cc(N2CCC3(CC2)OCCO3)ncn1. The average molecular weight is 396 g/mol. The third-order valence-corrected chi connectivity index (χ3v) is 5.61. The molecule has 2 aliphatic rings. The maximum absolute atomic E-state index is 13.2.